The minimum absolute atomic E-state index is 0.158. The first-order valence-corrected chi connectivity index (χ1v) is 10.6. The van der Waals surface area contributed by atoms with Gasteiger partial charge in [0.05, 0.1) is 10.6 Å². The maximum Gasteiger partial charge on any atom is 0.264 e. The van der Waals surface area contributed by atoms with Gasteiger partial charge in [0, 0.05) is 5.02 Å². The number of nitrogens with zero attached hydrogens (tertiary/aromatic N) is 1. The molecule has 0 radical (unpaired) electrons. The number of carbonyl (C=O) groups excluding carboxylic acids is 1. The largest absolute Gasteiger partial charge is 0.489 e. The molecule has 1 heterocycles. The van der Waals surface area contributed by atoms with Crippen molar-refractivity contribution in [1.82, 2.24) is 5.32 Å². The molecule has 150 valence electrons. The molecule has 1 fully saturated rings. The average Bonchev–Trinajstić information content (AvgIpc) is 3.09. The van der Waals surface area contributed by atoms with E-state index in [4.69, 9.17) is 16.3 Å². The Kier molecular flexibility index (Phi) is 6.21. The lowest BCUT2D eigenvalue weighted by molar-refractivity contribution is -0.115. The molecule has 30 heavy (non-hydrogen) atoms. The summed E-state index contributed by atoms with van der Waals surface area (Å²) in [6.45, 7) is 2.45. The van der Waals surface area contributed by atoms with Gasteiger partial charge in [-0.1, -0.05) is 54.1 Å². The summed E-state index contributed by atoms with van der Waals surface area (Å²) in [6.07, 6.45) is 1.85. The first kappa shape index (κ1) is 20.3. The van der Waals surface area contributed by atoms with E-state index in [1.807, 2.05) is 79.7 Å². The molecule has 0 bridgehead atoms. The Labute approximate surface area is 184 Å². The summed E-state index contributed by atoms with van der Waals surface area (Å²) in [6, 6.07) is 23.2. The first-order chi connectivity index (χ1) is 14.6. The van der Waals surface area contributed by atoms with E-state index in [9.17, 15) is 4.79 Å². The van der Waals surface area contributed by atoms with Crippen molar-refractivity contribution in [2.45, 2.75) is 13.5 Å². The smallest absolute Gasteiger partial charge is 0.264 e. The highest BCUT2D eigenvalue weighted by atomic mass is 35.5. The lowest BCUT2D eigenvalue weighted by Crippen LogP contribution is -2.19. The van der Waals surface area contributed by atoms with Crippen LogP contribution in [0.2, 0.25) is 5.02 Å². The summed E-state index contributed by atoms with van der Waals surface area (Å²) >= 11 is 7.31. The molecular formula is C24H19ClN2O2S. The van der Waals surface area contributed by atoms with Crippen LogP contribution in [0.25, 0.3) is 6.08 Å². The predicted molar refractivity (Wildman–Crippen MR) is 124 cm³/mol. The molecule has 4 rings (SSSR count). The van der Waals surface area contributed by atoms with E-state index in [-0.39, 0.29) is 5.91 Å². The summed E-state index contributed by atoms with van der Waals surface area (Å²) in [5, 5.41) is 4.03. The number of aliphatic imine (C=N–C) groups is 1. The zero-order chi connectivity index (χ0) is 20.9. The fraction of sp³-hybridized carbons (Fsp3) is 0.0833. The van der Waals surface area contributed by atoms with Crippen molar-refractivity contribution in [3.05, 3.63) is 99.4 Å². The van der Waals surface area contributed by atoms with Gasteiger partial charge in [-0.2, -0.15) is 0 Å². The fourth-order valence-electron chi connectivity index (χ4n) is 2.89. The number of hydrogen-bond acceptors (Lipinski definition) is 4. The van der Waals surface area contributed by atoms with Crippen LogP contribution in [0.15, 0.2) is 82.7 Å². The minimum Gasteiger partial charge on any atom is -0.489 e. The second kappa shape index (κ2) is 9.20. The number of thioether (sulfide) groups is 1. The van der Waals surface area contributed by atoms with Gasteiger partial charge in [0.2, 0.25) is 0 Å². The summed E-state index contributed by atoms with van der Waals surface area (Å²) < 4.78 is 5.81. The average molecular weight is 435 g/mol. The molecule has 4 nitrogen and oxygen atoms in total. The number of nitrogens with one attached hydrogen (secondary N) is 1. The van der Waals surface area contributed by atoms with Crippen LogP contribution in [0.5, 0.6) is 5.75 Å². The summed E-state index contributed by atoms with van der Waals surface area (Å²) in [5.74, 6) is 0.625. The Balaban J connectivity index is 1.43. The molecule has 1 N–H and O–H groups in total. The zero-order valence-electron chi connectivity index (χ0n) is 16.3. The lowest BCUT2D eigenvalue weighted by Gasteiger charge is -2.06. The van der Waals surface area contributed by atoms with Crippen LogP contribution < -0.4 is 10.1 Å². The maximum absolute atomic E-state index is 12.3. The molecular weight excluding hydrogens is 416 g/mol. The van der Waals surface area contributed by atoms with Crippen molar-refractivity contribution >= 4 is 46.2 Å². The van der Waals surface area contributed by atoms with E-state index >= 15 is 0 Å². The van der Waals surface area contributed by atoms with Gasteiger partial charge >= 0.3 is 0 Å². The highest BCUT2D eigenvalue weighted by Crippen LogP contribution is 2.30. The van der Waals surface area contributed by atoms with Gasteiger partial charge in [0.15, 0.2) is 5.17 Å². The van der Waals surface area contributed by atoms with Crippen LogP contribution >= 0.6 is 23.4 Å². The van der Waals surface area contributed by atoms with Crippen LogP contribution in [-0.2, 0) is 11.4 Å². The minimum atomic E-state index is -0.158. The highest BCUT2D eigenvalue weighted by Gasteiger charge is 2.24. The van der Waals surface area contributed by atoms with E-state index in [1.165, 1.54) is 11.8 Å². The van der Waals surface area contributed by atoms with Gasteiger partial charge in [-0.05, 0) is 71.8 Å². The molecule has 0 aromatic heterocycles. The molecule has 6 heteroatoms. The van der Waals surface area contributed by atoms with Gasteiger partial charge in [0.1, 0.15) is 12.4 Å². The van der Waals surface area contributed by atoms with Crippen molar-refractivity contribution in [2.75, 3.05) is 0 Å². The fourth-order valence-corrected chi connectivity index (χ4v) is 3.95. The quantitative estimate of drug-likeness (QED) is 0.492. The van der Waals surface area contributed by atoms with Gasteiger partial charge < -0.3 is 10.1 Å². The van der Waals surface area contributed by atoms with Crippen molar-refractivity contribution in [2.24, 2.45) is 4.99 Å². The van der Waals surface area contributed by atoms with Gasteiger partial charge in [-0.25, -0.2) is 4.99 Å². The van der Waals surface area contributed by atoms with Crippen LogP contribution in [-0.4, -0.2) is 11.1 Å². The molecule has 3 aromatic rings. The van der Waals surface area contributed by atoms with Crippen LogP contribution in [0.3, 0.4) is 0 Å². The number of hydrogen-bond donors (Lipinski definition) is 1. The zero-order valence-corrected chi connectivity index (χ0v) is 17.8. The van der Waals surface area contributed by atoms with Crippen LogP contribution in [0.4, 0.5) is 5.69 Å². The van der Waals surface area contributed by atoms with Gasteiger partial charge in [-0.15, -0.1) is 0 Å². The molecule has 0 saturated carbocycles. The van der Waals surface area contributed by atoms with E-state index in [2.05, 4.69) is 10.3 Å². The van der Waals surface area contributed by atoms with Crippen LogP contribution in [0.1, 0.15) is 16.7 Å². The molecule has 1 aliphatic heterocycles. The monoisotopic (exact) mass is 434 g/mol. The maximum atomic E-state index is 12.3. The molecule has 0 aliphatic carbocycles. The normalized spacial score (nSPS) is 16.1. The van der Waals surface area contributed by atoms with E-state index in [0.717, 1.165) is 28.1 Å². The van der Waals surface area contributed by atoms with Crippen molar-refractivity contribution in [3.63, 3.8) is 0 Å². The molecule has 1 saturated heterocycles. The summed E-state index contributed by atoms with van der Waals surface area (Å²) in [4.78, 5) is 17.4. The second-order valence-electron chi connectivity index (χ2n) is 6.76. The molecule has 0 atom stereocenters. The lowest BCUT2D eigenvalue weighted by atomic mass is 10.2. The second-order valence-corrected chi connectivity index (χ2v) is 8.22. The highest BCUT2D eigenvalue weighted by molar-refractivity contribution is 8.18. The molecule has 1 aliphatic rings. The Hall–Kier alpha value is -3.02. The number of amides is 1. The Morgan fingerprint density at radius 3 is 2.57 bits per heavy atom. The molecule has 3 aromatic carbocycles. The summed E-state index contributed by atoms with van der Waals surface area (Å²) in [5.41, 5.74) is 3.77. The Morgan fingerprint density at radius 1 is 1.07 bits per heavy atom. The third-order valence-corrected chi connectivity index (χ3v) is 5.60. The number of benzene rings is 3. The third-order valence-electron chi connectivity index (χ3n) is 4.46. The molecule has 0 unspecified atom stereocenters. The van der Waals surface area contributed by atoms with Crippen molar-refractivity contribution < 1.29 is 9.53 Å². The van der Waals surface area contributed by atoms with Gasteiger partial charge in [-0.3, -0.25) is 4.79 Å². The number of amidine groups is 1. The number of aryl methyl sites for hydroxylation is 1. The van der Waals surface area contributed by atoms with E-state index < -0.39 is 0 Å². The van der Waals surface area contributed by atoms with Crippen molar-refractivity contribution in [3.8, 4) is 5.75 Å². The third kappa shape index (κ3) is 5.12. The standard InChI is InChI=1S/C24H19ClN2O2S/c1-16-13-19(25)9-12-21(16)26-24-27-23(28)22(30-24)14-17-7-10-20(11-8-17)29-15-18-5-3-2-4-6-18/h2-14H,15H2,1H3,(H,26,27,28)/b22-14-. The Bertz CT molecular complexity index is 1130. The van der Waals surface area contributed by atoms with Crippen LogP contribution in [0, 0.1) is 6.92 Å². The Morgan fingerprint density at radius 2 is 1.83 bits per heavy atom. The number of halogens is 1. The molecule has 0 spiro atoms. The topological polar surface area (TPSA) is 50.7 Å². The number of ether oxygens (including phenoxy) is 1. The van der Waals surface area contributed by atoms with E-state index in [0.29, 0.717) is 21.7 Å². The molecule has 1 amide bonds. The SMILES string of the molecule is Cc1cc(Cl)ccc1N=C1NC(=O)/C(=C/c2ccc(OCc3ccccc3)cc2)S1. The van der Waals surface area contributed by atoms with E-state index in [1.54, 1.807) is 6.07 Å². The predicted octanol–water partition coefficient (Wildman–Crippen LogP) is 6.12. The number of rotatable bonds is 5. The summed E-state index contributed by atoms with van der Waals surface area (Å²) in [7, 11) is 0. The first-order valence-electron chi connectivity index (χ1n) is 9.39. The number of carbonyl (C=O) groups is 1. The van der Waals surface area contributed by atoms with Gasteiger partial charge in [0.25, 0.3) is 5.91 Å². The van der Waals surface area contributed by atoms with Crippen molar-refractivity contribution in [1.29, 1.82) is 0 Å².